The number of carbonyl (C=O) groups is 2. The van der Waals surface area contributed by atoms with Crippen LogP contribution < -0.4 is 16.4 Å². The number of amides is 3. The van der Waals surface area contributed by atoms with E-state index in [4.69, 9.17) is 17.3 Å². The number of nitrogens with two attached hydrogens (primary N) is 1. The highest BCUT2D eigenvalue weighted by Gasteiger charge is 2.53. The van der Waals surface area contributed by atoms with Crippen molar-refractivity contribution in [3.63, 3.8) is 0 Å². The maximum absolute atomic E-state index is 12.9. The van der Waals surface area contributed by atoms with Crippen LogP contribution in [-0.4, -0.2) is 18.0 Å². The second-order valence-corrected chi connectivity index (χ2v) is 9.76. The Kier molecular flexibility index (Phi) is 5.30. The van der Waals surface area contributed by atoms with Crippen molar-refractivity contribution in [3.05, 3.63) is 34.9 Å². The first-order chi connectivity index (χ1) is 13.3. The largest absolute Gasteiger partial charge is 0.353 e. The molecule has 28 heavy (non-hydrogen) atoms. The van der Waals surface area contributed by atoms with Crippen LogP contribution in [0.5, 0.6) is 0 Å². The Bertz CT molecular complexity index is 731. The summed E-state index contributed by atoms with van der Waals surface area (Å²) in [4.78, 5) is 24.3. The van der Waals surface area contributed by atoms with Crippen LogP contribution in [0.4, 0.5) is 4.79 Å². The van der Waals surface area contributed by atoms with E-state index in [1.807, 2.05) is 18.2 Å². The van der Waals surface area contributed by atoms with E-state index in [1.165, 1.54) is 38.5 Å². The molecule has 0 spiro atoms. The summed E-state index contributed by atoms with van der Waals surface area (Å²) in [6, 6.07) is 6.19. The van der Waals surface area contributed by atoms with Gasteiger partial charge in [-0.25, -0.2) is 4.79 Å². The lowest BCUT2D eigenvalue weighted by molar-refractivity contribution is -0.126. The van der Waals surface area contributed by atoms with E-state index in [0.717, 1.165) is 17.8 Å². The predicted molar refractivity (Wildman–Crippen MR) is 110 cm³/mol. The number of hydrogen-bond acceptors (Lipinski definition) is 2. The molecule has 0 aliphatic heterocycles. The molecule has 4 fully saturated rings. The summed E-state index contributed by atoms with van der Waals surface area (Å²) < 4.78 is 0. The van der Waals surface area contributed by atoms with Gasteiger partial charge < -0.3 is 16.4 Å². The van der Waals surface area contributed by atoms with E-state index in [2.05, 4.69) is 17.6 Å². The van der Waals surface area contributed by atoms with Crippen molar-refractivity contribution < 1.29 is 9.59 Å². The SMILES string of the molecule is C[C@@H](NC(=O)C[C@H](NC(N)=O)c1ccccc1Cl)C12CC3CC(CC(C3)C1)C2. The number of benzene rings is 1. The van der Waals surface area contributed by atoms with E-state index in [-0.39, 0.29) is 23.8 Å². The Morgan fingerprint density at radius 1 is 1.11 bits per heavy atom. The molecular formula is C22H30ClN3O2. The Morgan fingerprint density at radius 3 is 2.21 bits per heavy atom. The molecule has 5 rings (SSSR count). The van der Waals surface area contributed by atoms with Crippen LogP contribution in [-0.2, 0) is 4.79 Å². The zero-order valence-corrected chi connectivity index (χ0v) is 17.2. The molecule has 1 aromatic carbocycles. The highest BCUT2D eigenvalue weighted by molar-refractivity contribution is 6.31. The number of carbonyl (C=O) groups excluding carboxylic acids is 2. The van der Waals surface area contributed by atoms with Gasteiger partial charge in [-0.2, -0.15) is 0 Å². The number of halogens is 1. The summed E-state index contributed by atoms with van der Waals surface area (Å²) in [5, 5.41) is 6.44. The Balaban J connectivity index is 1.43. The molecule has 0 heterocycles. The van der Waals surface area contributed by atoms with Gasteiger partial charge in [0.1, 0.15) is 0 Å². The van der Waals surface area contributed by atoms with Crippen molar-refractivity contribution >= 4 is 23.5 Å². The zero-order valence-electron chi connectivity index (χ0n) is 16.4. The molecular weight excluding hydrogens is 374 g/mol. The van der Waals surface area contributed by atoms with Crippen molar-refractivity contribution in [3.8, 4) is 0 Å². The molecule has 4 bridgehead atoms. The van der Waals surface area contributed by atoms with Crippen molar-refractivity contribution in [2.24, 2.45) is 28.9 Å². The predicted octanol–water partition coefficient (Wildman–Crippen LogP) is 4.16. The third-order valence-corrected chi connectivity index (χ3v) is 7.71. The minimum absolute atomic E-state index is 0.0677. The van der Waals surface area contributed by atoms with Crippen LogP contribution in [0, 0.1) is 23.2 Å². The minimum Gasteiger partial charge on any atom is -0.353 e. The van der Waals surface area contributed by atoms with Crippen LogP contribution in [0.2, 0.25) is 5.02 Å². The maximum atomic E-state index is 12.9. The number of hydrogen-bond donors (Lipinski definition) is 3. The van der Waals surface area contributed by atoms with Gasteiger partial charge in [0.2, 0.25) is 5.91 Å². The first kappa shape index (κ1) is 19.6. The monoisotopic (exact) mass is 403 g/mol. The van der Waals surface area contributed by atoms with Gasteiger partial charge in [0, 0.05) is 11.1 Å². The van der Waals surface area contributed by atoms with Crippen LogP contribution >= 0.6 is 11.6 Å². The summed E-state index contributed by atoms with van der Waals surface area (Å²) >= 11 is 6.28. The van der Waals surface area contributed by atoms with E-state index < -0.39 is 12.1 Å². The molecule has 3 amide bonds. The van der Waals surface area contributed by atoms with Gasteiger partial charge >= 0.3 is 6.03 Å². The third kappa shape index (κ3) is 3.86. The fraction of sp³-hybridized carbons (Fsp3) is 0.636. The topological polar surface area (TPSA) is 84.2 Å². The Morgan fingerprint density at radius 2 is 1.68 bits per heavy atom. The van der Waals surface area contributed by atoms with Gasteiger partial charge in [0.15, 0.2) is 0 Å². The molecule has 0 aromatic heterocycles. The van der Waals surface area contributed by atoms with Crippen LogP contribution in [0.25, 0.3) is 0 Å². The number of nitrogens with one attached hydrogen (secondary N) is 2. The second kappa shape index (κ2) is 7.58. The van der Waals surface area contributed by atoms with E-state index in [9.17, 15) is 9.59 Å². The van der Waals surface area contributed by atoms with Gasteiger partial charge in [-0.1, -0.05) is 29.8 Å². The van der Waals surface area contributed by atoms with Crippen molar-refractivity contribution in [2.75, 3.05) is 0 Å². The number of primary amides is 1. The molecule has 0 radical (unpaired) electrons. The summed E-state index contributed by atoms with van der Waals surface area (Å²) in [5.74, 6) is 2.47. The molecule has 2 atom stereocenters. The smallest absolute Gasteiger partial charge is 0.312 e. The Hall–Kier alpha value is -1.75. The number of urea groups is 1. The Labute approximate surface area is 171 Å². The molecule has 4 N–H and O–H groups in total. The highest BCUT2D eigenvalue weighted by atomic mass is 35.5. The normalized spacial score (nSPS) is 32.6. The lowest BCUT2D eigenvalue weighted by Gasteiger charge is -2.59. The average molecular weight is 404 g/mol. The summed E-state index contributed by atoms with van der Waals surface area (Å²) in [6.07, 6.45) is 8.02. The molecule has 4 aliphatic carbocycles. The molecule has 6 heteroatoms. The fourth-order valence-electron chi connectivity index (χ4n) is 6.52. The van der Waals surface area contributed by atoms with Gasteiger partial charge in [0.05, 0.1) is 12.5 Å². The summed E-state index contributed by atoms with van der Waals surface area (Å²) in [7, 11) is 0. The zero-order chi connectivity index (χ0) is 19.9. The molecule has 152 valence electrons. The minimum atomic E-state index is -0.660. The fourth-order valence-corrected chi connectivity index (χ4v) is 6.78. The first-order valence-electron chi connectivity index (χ1n) is 10.4. The molecule has 5 nitrogen and oxygen atoms in total. The summed E-state index contributed by atoms with van der Waals surface area (Å²) in [5.41, 5.74) is 6.30. The molecule has 0 unspecified atom stereocenters. The van der Waals surface area contributed by atoms with Crippen LogP contribution in [0.3, 0.4) is 0 Å². The second-order valence-electron chi connectivity index (χ2n) is 9.36. The average Bonchev–Trinajstić information content (AvgIpc) is 2.60. The van der Waals surface area contributed by atoms with Gasteiger partial charge in [-0.05, 0) is 80.2 Å². The highest BCUT2D eigenvalue weighted by Crippen LogP contribution is 2.61. The molecule has 1 aromatic rings. The van der Waals surface area contributed by atoms with Gasteiger partial charge in [0.25, 0.3) is 0 Å². The van der Waals surface area contributed by atoms with Crippen LogP contribution in [0.1, 0.15) is 63.5 Å². The molecule has 0 saturated heterocycles. The lowest BCUT2D eigenvalue weighted by Crippen LogP contribution is -2.56. The van der Waals surface area contributed by atoms with Crippen molar-refractivity contribution in [1.29, 1.82) is 0 Å². The van der Waals surface area contributed by atoms with E-state index in [1.54, 1.807) is 6.07 Å². The lowest BCUT2D eigenvalue weighted by atomic mass is 9.48. The maximum Gasteiger partial charge on any atom is 0.312 e. The van der Waals surface area contributed by atoms with Crippen molar-refractivity contribution in [1.82, 2.24) is 10.6 Å². The van der Waals surface area contributed by atoms with Crippen LogP contribution in [0.15, 0.2) is 24.3 Å². The van der Waals surface area contributed by atoms with Crippen molar-refractivity contribution in [2.45, 2.75) is 64.0 Å². The third-order valence-electron chi connectivity index (χ3n) is 7.37. The summed E-state index contributed by atoms with van der Waals surface area (Å²) in [6.45, 7) is 2.16. The molecule has 4 aliphatic rings. The van der Waals surface area contributed by atoms with Gasteiger partial charge in [-0.15, -0.1) is 0 Å². The van der Waals surface area contributed by atoms with E-state index in [0.29, 0.717) is 10.6 Å². The molecule has 4 saturated carbocycles. The number of rotatable bonds is 6. The van der Waals surface area contributed by atoms with Gasteiger partial charge in [-0.3, -0.25) is 4.79 Å². The van der Waals surface area contributed by atoms with E-state index >= 15 is 0 Å². The quantitative estimate of drug-likeness (QED) is 0.666. The first-order valence-corrected chi connectivity index (χ1v) is 10.8. The standard InChI is InChI=1S/C22H30ClN3O2/c1-13(22-10-14-6-15(11-22)8-16(7-14)12-22)25-20(27)9-19(26-21(24)28)17-4-2-3-5-18(17)23/h2-5,13-16,19H,6-12H2,1H3,(H,25,27)(H3,24,26,28)/t13-,14?,15?,16?,19+,22?/m1/s1.